The van der Waals surface area contributed by atoms with Gasteiger partial charge in [-0.2, -0.15) is 26.3 Å². The van der Waals surface area contributed by atoms with Gasteiger partial charge in [0.1, 0.15) is 12.2 Å². The van der Waals surface area contributed by atoms with Crippen molar-refractivity contribution < 1.29 is 96.3 Å². The Labute approximate surface area is 542 Å². The lowest BCUT2D eigenvalue weighted by Gasteiger charge is -2.19. The van der Waals surface area contributed by atoms with Crippen molar-refractivity contribution in [2.24, 2.45) is 0 Å². The molecule has 0 saturated heterocycles. The van der Waals surface area contributed by atoms with Crippen LogP contribution >= 0.6 is 15.9 Å². The number of halogens is 13. The number of aliphatic hydroxyl groups is 1. The maximum absolute atomic E-state index is 13.4. The van der Waals surface area contributed by atoms with E-state index in [9.17, 15) is 71.9 Å². The van der Waals surface area contributed by atoms with E-state index in [4.69, 9.17) is 14.9 Å². The summed E-state index contributed by atoms with van der Waals surface area (Å²) in [4.78, 5) is 39.4. The third kappa shape index (κ3) is 35.0. The fraction of sp³-hybridized carbons (Fsp3) is 0.429. The number of hydrogen-bond donors (Lipinski definition) is 2. The molecular formula is C70H87BrF12O9. The molecule has 0 aliphatic rings. The van der Waals surface area contributed by atoms with E-state index in [1.165, 1.54) is 131 Å². The summed E-state index contributed by atoms with van der Waals surface area (Å²) >= 11 is 1.84. The number of aryl methyl sites for hydroxylation is 5. The van der Waals surface area contributed by atoms with Gasteiger partial charge in [0.2, 0.25) is 0 Å². The standard InChI is InChI=1S/C15H20F2O2.2C11H12F2O2.C10H12F2.C9H10F2O.C8H10.C4H5BrF2O2.C2H6/c1-5-15(16,17)12-8-6-11(7-9-12)10-13(18)19-14(2,3)4;1-3-15-10(14)11(12,13)9-6-4-8(2)5-7-9;1-2-11(12,13)9-5-3-8(4-6-9)7-10(14)15;1-3-10(11,12)9-6-4-8(2)5-7-9;1-7-2-4-8(5-3-7)9(10,11)6-12;1-7-3-5-8(2)6-4-7;1-2-9-3(8)4(5,6)7;1-2/h6-9H,5,10H2,1-4H3;4-7H,3H2,1-2H3;3-6H,2,7H2,1H3,(H,14,15);4-7H,3H2,1-2H3;2-5,12H,6H2,1H3;3-6H,1-2H3;2H2,1H3;1-2H3. The van der Waals surface area contributed by atoms with E-state index < -0.39 is 64.6 Å². The van der Waals surface area contributed by atoms with Gasteiger partial charge in [-0.05, 0) is 80.4 Å². The van der Waals surface area contributed by atoms with Gasteiger partial charge in [0, 0.05) is 63.0 Å². The van der Waals surface area contributed by atoms with Crippen LogP contribution in [0.15, 0.2) is 146 Å². The van der Waals surface area contributed by atoms with Crippen LogP contribution in [-0.4, -0.2) is 64.3 Å². The van der Waals surface area contributed by atoms with E-state index in [-0.39, 0.29) is 79.1 Å². The normalized spacial score (nSPS) is 11.2. The van der Waals surface area contributed by atoms with E-state index in [0.29, 0.717) is 11.1 Å². The minimum absolute atomic E-state index is 0.0251. The van der Waals surface area contributed by atoms with Gasteiger partial charge in [0.15, 0.2) is 0 Å². The molecule has 22 heteroatoms. The molecule has 2 N–H and O–H groups in total. The van der Waals surface area contributed by atoms with Crippen molar-refractivity contribution in [3.8, 4) is 0 Å². The Morgan fingerprint density at radius 1 is 0.402 bits per heavy atom. The summed E-state index contributed by atoms with van der Waals surface area (Å²) in [5.41, 5.74) is 5.64. The van der Waals surface area contributed by atoms with E-state index in [0.717, 1.165) is 16.7 Å². The van der Waals surface area contributed by atoms with Crippen LogP contribution in [-0.2, 0) is 75.8 Å². The summed E-state index contributed by atoms with van der Waals surface area (Å²) in [6.07, 6.45) is -0.688. The molecule has 0 bridgehead atoms. The Morgan fingerprint density at radius 2 is 0.652 bits per heavy atom. The van der Waals surface area contributed by atoms with Crippen LogP contribution in [0.25, 0.3) is 0 Å². The molecular weight excluding hydrogens is 1290 g/mol. The first-order valence-electron chi connectivity index (χ1n) is 29.2. The predicted molar refractivity (Wildman–Crippen MR) is 339 cm³/mol. The average Bonchev–Trinajstić information content (AvgIpc) is 0.962. The van der Waals surface area contributed by atoms with Crippen molar-refractivity contribution in [2.45, 2.75) is 176 Å². The summed E-state index contributed by atoms with van der Waals surface area (Å²) in [5, 5.41) is 16.9. The van der Waals surface area contributed by atoms with Gasteiger partial charge >= 0.3 is 34.6 Å². The number of ether oxygens (including phenoxy) is 3. The van der Waals surface area contributed by atoms with E-state index in [1.54, 1.807) is 64.1 Å². The first-order valence-corrected chi connectivity index (χ1v) is 30.0. The predicted octanol–water partition coefficient (Wildman–Crippen LogP) is 20.0. The number of aliphatic carboxylic acids is 1. The second kappa shape index (κ2) is 41.4. The molecule has 6 rings (SSSR count). The largest absolute Gasteiger partial charge is 0.481 e. The minimum Gasteiger partial charge on any atom is -0.481 e. The lowest BCUT2D eigenvalue weighted by atomic mass is 10.0. The lowest BCUT2D eigenvalue weighted by Crippen LogP contribution is -2.28. The number of carbonyl (C=O) groups excluding carboxylic acids is 3. The zero-order valence-corrected chi connectivity index (χ0v) is 56.3. The molecule has 6 aromatic rings. The summed E-state index contributed by atoms with van der Waals surface area (Å²) in [6.45, 7) is 25.1. The number of carbonyl (C=O) groups is 4. The maximum Gasteiger partial charge on any atom is 0.395 e. The highest BCUT2D eigenvalue weighted by atomic mass is 79.9. The van der Waals surface area contributed by atoms with E-state index in [2.05, 4.69) is 47.6 Å². The zero-order valence-electron chi connectivity index (χ0n) is 54.7. The smallest absolute Gasteiger partial charge is 0.395 e. The Morgan fingerprint density at radius 3 is 0.891 bits per heavy atom. The van der Waals surface area contributed by atoms with Crippen molar-refractivity contribution in [1.82, 2.24) is 0 Å². The van der Waals surface area contributed by atoms with Gasteiger partial charge in [0.05, 0.1) is 26.1 Å². The number of carboxylic acid groups (broad SMARTS) is 1. The highest BCUT2D eigenvalue weighted by Gasteiger charge is 2.42. The molecule has 0 amide bonds. The van der Waals surface area contributed by atoms with E-state index >= 15 is 0 Å². The van der Waals surface area contributed by atoms with Crippen LogP contribution < -0.4 is 0 Å². The summed E-state index contributed by atoms with van der Waals surface area (Å²) in [5.74, 6) is -19.4. The summed E-state index contributed by atoms with van der Waals surface area (Å²) in [7, 11) is 0. The number of esters is 3. The Hall–Kier alpha value is -7.20. The third-order valence-corrected chi connectivity index (χ3v) is 12.3. The monoisotopic (exact) mass is 1380 g/mol. The van der Waals surface area contributed by atoms with Gasteiger partial charge in [-0.25, -0.2) is 35.9 Å². The van der Waals surface area contributed by atoms with Crippen LogP contribution in [0.2, 0.25) is 0 Å². The highest BCUT2D eigenvalue weighted by Crippen LogP contribution is 2.34. The van der Waals surface area contributed by atoms with Crippen LogP contribution in [0.1, 0.15) is 155 Å². The molecule has 0 saturated carbocycles. The molecule has 0 fully saturated rings. The molecule has 0 heterocycles. The number of benzene rings is 6. The summed E-state index contributed by atoms with van der Waals surface area (Å²) < 4.78 is 168. The van der Waals surface area contributed by atoms with Gasteiger partial charge in [-0.1, -0.05) is 208 Å². The molecule has 92 heavy (non-hydrogen) atoms. The lowest BCUT2D eigenvalue weighted by molar-refractivity contribution is -0.173. The SMILES string of the molecule is CC.CCC(F)(F)c1ccc(C)cc1.CCC(F)(F)c1ccc(CC(=O)O)cc1.CCC(F)(F)c1ccc(CC(=O)OC(C)(C)C)cc1.CCOC(=O)C(F)(F)Br.CCOC(=O)C(F)(F)c1ccc(C)cc1.Cc1ccc(C(F)(F)CO)cc1.Cc1ccc(C)cc1. The van der Waals surface area contributed by atoms with Gasteiger partial charge < -0.3 is 24.4 Å². The second-order valence-electron chi connectivity index (χ2n) is 21.0. The first kappa shape index (κ1) is 86.9. The van der Waals surface area contributed by atoms with Crippen LogP contribution in [0.3, 0.4) is 0 Å². The van der Waals surface area contributed by atoms with Crippen molar-refractivity contribution in [3.05, 3.63) is 212 Å². The molecule has 0 aliphatic heterocycles. The minimum atomic E-state index is -3.57. The Balaban J connectivity index is 0. The number of hydrogen-bond acceptors (Lipinski definition) is 8. The second-order valence-corrected chi connectivity index (χ2v) is 22.0. The average molecular weight is 1380 g/mol. The molecule has 0 unspecified atom stereocenters. The topological polar surface area (TPSA) is 136 Å². The highest BCUT2D eigenvalue weighted by molar-refractivity contribution is 9.10. The van der Waals surface area contributed by atoms with Crippen LogP contribution in [0, 0.1) is 34.6 Å². The summed E-state index contributed by atoms with van der Waals surface area (Å²) in [6, 6.07) is 37.4. The van der Waals surface area contributed by atoms with E-state index in [1.807, 2.05) is 43.6 Å². The van der Waals surface area contributed by atoms with Crippen molar-refractivity contribution in [1.29, 1.82) is 0 Å². The van der Waals surface area contributed by atoms with Crippen molar-refractivity contribution in [2.75, 3.05) is 19.8 Å². The van der Waals surface area contributed by atoms with Gasteiger partial charge in [-0.15, -0.1) is 0 Å². The molecule has 0 radical (unpaired) electrons. The number of rotatable bonds is 17. The molecule has 9 nitrogen and oxygen atoms in total. The molecule has 6 aromatic carbocycles. The molecule has 0 aliphatic carbocycles. The van der Waals surface area contributed by atoms with Crippen LogP contribution in [0.5, 0.6) is 0 Å². The fourth-order valence-corrected chi connectivity index (χ4v) is 6.82. The molecule has 0 spiro atoms. The Kier molecular flexibility index (Phi) is 39.1. The number of alkyl halides is 13. The first-order chi connectivity index (χ1) is 42.5. The van der Waals surface area contributed by atoms with Crippen molar-refractivity contribution >= 4 is 39.8 Å². The maximum atomic E-state index is 13.4. The Bertz CT molecular complexity index is 2960. The molecule has 0 atom stereocenters. The third-order valence-electron chi connectivity index (χ3n) is 12.0. The van der Waals surface area contributed by atoms with Gasteiger partial charge in [0.25, 0.3) is 23.7 Å². The van der Waals surface area contributed by atoms with Crippen LogP contribution in [0.4, 0.5) is 52.7 Å². The number of carboxylic acids is 1. The molecule has 512 valence electrons. The molecule has 0 aromatic heterocycles. The quantitative estimate of drug-likeness (QED) is 0.0396. The number of aliphatic hydroxyl groups excluding tert-OH is 1. The van der Waals surface area contributed by atoms with Crippen molar-refractivity contribution in [3.63, 3.8) is 0 Å². The zero-order chi connectivity index (χ0) is 71.5. The van der Waals surface area contributed by atoms with Gasteiger partial charge in [-0.3, -0.25) is 9.59 Å². The fourth-order valence-electron chi connectivity index (χ4n) is 6.70.